The lowest BCUT2D eigenvalue weighted by molar-refractivity contribution is -0.137. The van der Waals surface area contributed by atoms with E-state index in [-0.39, 0.29) is 35.2 Å². The minimum Gasteiger partial charge on any atom is -0.494 e. The highest BCUT2D eigenvalue weighted by atomic mass is 19.4. The van der Waals surface area contributed by atoms with Gasteiger partial charge in [-0.15, -0.1) is 0 Å². The maximum absolute atomic E-state index is 13.1. The summed E-state index contributed by atoms with van der Waals surface area (Å²) in [6.07, 6.45) is -2.79. The van der Waals surface area contributed by atoms with Crippen LogP contribution in [0.3, 0.4) is 0 Å². The number of fused-ring (bicyclic) bond motifs is 5. The van der Waals surface area contributed by atoms with Crippen molar-refractivity contribution in [2.75, 3.05) is 0 Å². The van der Waals surface area contributed by atoms with Crippen molar-refractivity contribution in [3.05, 3.63) is 76.9 Å². The summed E-state index contributed by atoms with van der Waals surface area (Å²) >= 11 is 0. The molecule has 0 saturated heterocycles. The van der Waals surface area contributed by atoms with Gasteiger partial charge in [0.25, 0.3) is 0 Å². The molecule has 6 heteroatoms. The minimum atomic E-state index is -4.49. The molecule has 0 aliphatic heterocycles. The highest BCUT2D eigenvalue weighted by molar-refractivity contribution is 5.61. The summed E-state index contributed by atoms with van der Waals surface area (Å²) in [6, 6.07) is 14.7. The van der Waals surface area contributed by atoms with Crippen molar-refractivity contribution in [3.63, 3.8) is 0 Å². The van der Waals surface area contributed by atoms with Crippen molar-refractivity contribution in [3.8, 4) is 17.4 Å². The highest BCUT2D eigenvalue weighted by Crippen LogP contribution is 2.65. The van der Waals surface area contributed by atoms with Crippen LogP contribution in [0.5, 0.6) is 11.8 Å². The highest BCUT2D eigenvalue weighted by Gasteiger charge is 2.49. The molecule has 0 unspecified atom stereocenters. The average molecular weight is 385 g/mol. The van der Waals surface area contributed by atoms with Crippen LogP contribution in [-0.2, 0) is 6.18 Å². The Balaban J connectivity index is 1.61. The second-order valence-corrected chi connectivity index (χ2v) is 7.65. The Morgan fingerprint density at radius 3 is 2.21 bits per heavy atom. The van der Waals surface area contributed by atoms with Gasteiger partial charge in [-0.1, -0.05) is 36.4 Å². The van der Waals surface area contributed by atoms with Crippen LogP contribution in [0.4, 0.5) is 13.2 Å². The lowest BCUT2D eigenvalue weighted by atomic mass is 9.81. The summed E-state index contributed by atoms with van der Waals surface area (Å²) in [5.41, 5.74) is 1.84. The van der Waals surface area contributed by atoms with Crippen molar-refractivity contribution in [2.24, 2.45) is 0 Å². The Kier molecular flexibility index (Phi) is 3.57. The molecule has 144 valence electrons. The number of hydrogen-bond acceptors (Lipinski definition) is 2. The van der Waals surface area contributed by atoms with Crippen molar-refractivity contribution in [1.82, 2.24) is 4.57 Å². The van der Waals surface area contributed by atoms with E-state index in [1.807, 2.05) is 18.2 Å². The molecule has 2 bridgehead atoms. The molecule has 1 aromatic heterocycles. The zero-order chi connectivity index (χ0) is 19.6. The van der Waals surface area contributed by atoms with Gasteiger partial charge in [0.2, 0.25) is 11.8 Å². The fourth-order valence-corrected chi connectivity index (χ4v) is 5.08. The second-order valence-electron chi connectivity index (χ2n) is 7.65. The fourth-order valence-electron chi connectivity index (χ4n) is 5.08. The van der Waals surface area contributed by atoms with Gasteiger partial charge in [0.1, 0.15) is 0 Å². The molecular weight excluding hydrogens is 367 g/mol. The van der Waals surface area contributed by atoms with Crippen molar-refractivity contribution in [1.29, 1.82) is 0 Å². The maximum Gasteiger partial charge on any atom is 0.416 e. The van der Waals surface area contributed by atoms with Gasteiger partial charge < -0.3 is 10.2 Å². The number of rotatable bonds is 2. The van der Waals surface area contributed by atoms with E-state index in [9.17, 15) is 23.4 Å². The maximum atomic E-state index is 13.1. The number of nitrogens with zero attached hydrogens (tertiary/aromatic N) is 1. The first kappa shape index (κ1) is 17.2. The van der Waals surface area contributed by atoms with E-state index in [0.717, 1.165) is 29.5 Å². The minimum absolute atomic E-state index is 0.0559. The number of benzene rings is 2. The molecule has 0 amide bonds. The van der Waals surface area contributed by atoms with Gasteiger partial charge in [-0.3, -0.25) is 4.57 Å². The molecule has 3 aromatic rings. The molecule has 0 radical (unpaired) electrons. The predicted octanol–water partition coefficient (Wildman–Crippen LogP) is 5.67. The summed E-state index contributed by atoms with van der Waals surface area (Å²) in [6.45, 7) is 0. The van der Waals surface area contributed by atoms with Crippen LogP contribution in [0.25, 0.3) is 5.69 Å². The Morgan fingerprint density at radius 2 is 1.50 bits per heavy atom. The van der Waals surface area contributed by atoms with E-state index in [4.69, 9.17) is 0 Å². The Labute approximate surface area is 159 Å². The quantitative estimate of drug-likeness (QED) is 0.597. The van der Waals surface area contributed by atoms with Crippen LogP contribution in [-0.4, -0.2) is 14.8 Å². The SMILES string of the molecule is Oc1c2c(c(O)n1-c1cccc(C(F)(F)F)c1)[C@@H]1C[C@H]2C[C@H]1c1ccccc1. The lowest BCUT2D eigenvalue weighted by Crippen LogP contribution is -2.07. The Hall–Kier alpha value is -2.89. The average Bonchev–Trinajstić information content (AvgIpc) is 3.33. The summed E-state index contributed by atoms with van der Waals surface area (Å²) < 4.78 is 40.4. The Morgan fingerprint density at radius 1 is 0.821 bits per heavy atom. The number of alkyl halides is 3. The monoisotopic (exact) mass is 385 g/mol. The largest absolute Gasteiger partial charge is 0.494 e. The normalized spacial score (nSPS) is 23.2. The first-order valence-corrected chi connectivity index (χ1v) is 9.25. The molecule has 28 heavy (non-hydrogen) atoms. The third-order valence-corrected chi connectivity index (χ3v) is 6.20. The van der Waals surface area contributed by atoms with E-state index in [1.54, 1.807) is 0 Å². The Bertz CT molecular complexity index is 1060. The van der Waals surface area contributed by atoms with Crippen LogP contribution >= 0.6 is 0 Å². The van der Waals surface area contributed by atoms with Crippen molar-refractivity contribution < 1.29 is 23.4 Å². The molecular formula is C22H18F3NO2. The van der Waals surface area contributed by atoms with Crippen LogP contribution in [0, 0.1) is 0 Å². The molecule has 0 spiro atoms. The van der Waals surface area contributed by atoms with Gasteiger partial charge in [-0.2, -0.15) is 13.2 Å². The molecule has 1 saturated carbocycles. The summed E-state index contributed by atoms with van der Waals surface area (Å²) in [5.74, 6) is 0.0932. The van der Waals surface area contributed by atoms with Crippen LogP contribution in [0.2, 0.25) is 0 Å². The standard InChI is InChI=1S/C22H18F3NO2/c23-22(24,25)14-7-4-8-15(11-14)26-20(27)18-13-9-16(12-5-2-1-3-6-12)17(10-13)19(18)21(26)28/h1-8,11,13,16-17,27-28H,9-10H2/t13-,16+,17-/m1/s1. The summed E-state index contributed by atoms with van der Waals surface area (Å²) in [7, 11) is 0. The van der Waals surface area contributed by atoms with E-state index in [1.165, 1.54) is 17.7 Å². The van der Waals surface area contributed by atoms with E-state index >= 15 is 0 Å². The van der Waals surface area contributed by atoms with Crippen molar-refractivity contribution in [2.45, 2.75) is 36.8 Å². The number of halogens is 3. The second kappa shape index (κ2) is 5.80. The zero-order valence-electron chi connectivity index (χ0n) is 14.8. The van der Waals surface area contributed by atoms with Crippen molar-refractivity contribution >= 4 is 0 Å². The van der Waals surface area contributed by atoms with Crippen LogP contribution in [0.15, 0.2) is 54.6 Å². The van der Waals surface area contributed by atoms with Gasteiger partial charge in [-0.05, 0) is 54.4 Å². The van der Waals surface area contributed by atoms with Gasteiger partial charge in [0, 0.05) is 11.1 Å². The third-order valence-electron chi connectivity index (χ3n) is 6.20. The van der Waals surface area contributed by atoms with Crippen LogP contribution in [0.1, 0.15) is 52.8 Å². The van der Waals surface area contributed by atoms with Crippen LogP contribution < -0.4 is 0 Å². The predicted molar refractivity (Wildman–Crippen MR) is 98.0 cm³/mol. The number of aromatic nitrogens is 1. The molecule has 2 N–H and O–H groups in total. The van der Waals surface area contributed by atoms with Gasteiger partial charge in [0.05, 0.1) is 11.3 Å². The molecule has 2 aromatic carbocycles. The van der Waals surface area contributed by atoms with E-state index in [2.05, 4.69) is 12.1 Å². The van der Waals surface area contributed by atoms with Gasteiger partial charge in [-0.25, -0.2) is 0 Å². The third kappa shape index (κ3) is 2.37. The number of aromatic hydroxyl groups is 2. The smallest absolute Gasteiger partial charge is 0.416 e. The first-order valence-electron chi connectivity index (χ1n) is 9.25. The number of hydrogen-bond donors (Lipinski definition) is 2. The molecule has 2 aliphatic rings. The molecule has 2 aliphatic carbocycles. The molecule has 1 heterocycles. The summed E-state index contributed by atoms with van der Waals surface area (Å²) in [4.78, 5) is 0. The first-order chi connectivity index (χ1) is 13.4. The van der Waals surface area contributed by atoms with Gasteiger partial charge >= 0.3 is 6.18 Å². The summed E-state index contributed by atoms with van der Waals surface area (Å²) in [5, 5.41) is 21.7. The fraction of sp³-hybridized carbons (Fsp3) is 0.273. The molecule has 3 nitrogen and oxygen atoms in total. The molecule has 3 atom stereocenters. The van der Waals surface area contributed by atoms with E-state index < -0.39 is 11.7 Å². The van der Waals surface area contributed by atoms with Gasteiger partial charge in [0.15, 0.2) is 0 Å². The van der Waals surface area contributed by atoms with E-state index in [0.29, 0.717) is 11.1 Å². The molecule has 5 rings (SSSR count). The lowest BCUT2D eigenvalue weighted by Gasteiger charge is -2.22. The molecule has 1 fully saturated rings. The topological polar surface area (TPSA) is 45.4 Å². The zero-order valence-corrected chi connectivity index (χ0v) is 14.8.